The van der Waals surface area contributed by atoms with Crippen molar-refractivity contribution in [1.82, 2.24) is 5.32 Å². The second-order valence-corrected chi connectivity index (χ2v) is 3.69. The second kappa shape index (κ2) is 5.26. The molecule has 3 heteroatoms. The Morgan fingerprint density at radius 3 is 2.81 bits per heavy atom. The molecular formula is C13H14N2O. The van der Waals surface area contributed by atoms with E-state index >= 15 is 0 Å². The zero-order valence-corrected chi connectivity index (χ0v) is 9.02. The van der Waals surface area contributed by atoms with Crippen molar-refractivity contribution in [3.63, 3.8) is 0 Å². The van der Waals surface area contributed by atoms with Crippen LogP contribution in [-0.4, -0.2) is 12.1 Å². The second-order valence-electron chi connectivity index (χ2n) is 3.69. The van der Waals surface area contributed by atoms with E-state index in [4.69, 9.17) is 0 Å². The molecule has 0 saturated carbocycles. The average Bonchev–Trinajstić information content (AvgIpc) is 2.38. The SMILES string of the molecule is O=C(NCc1ccccc1)C1=CN=CCC1. The highest BCUT2D eigenvalue weighted by atomic mass is 16.1. The molecule has 1 aromatic rings. The van der Waals surface area contributed by atoms with Crippen LogP contribution in [0, 0.1) is 0 Å². The molecule has 1 aromatic carbocycles. The Morgan fingerprint density at radius 2 is 2.12 bits per heavy atom. The monoisotopic (exact) mass is 214 g/mol. The van der Waals surface area contributed by atoms with Gasteiger partial charge < -0.3 is 5.32 Å². The number of hydrogen-bond acceptors (Lipinski definition) is 2. The van der Waals surface area contributed by atoms with Gasteiger partial charge in [0.05, 0.1) is 0 Å². The van der Waals surface area contributed by atoms with Gasteiger partial charge in [-0.2, -0.15) is 0 Å². The van der Waals surface area contributed by atoms with Crippen molar-refractivity contribution in [3.8, 4) is 0 Å². The van der Waals surface area contributed by atoms with Crippen LogP contribution in [0.15, 0.2) is 47.1 Å². The van der Waals surface area contributed by atoms with Gasteiger partial charge >= 0.3 is 0 Å². The van der Waals surface area contributed by atoms with Crippen LogP contribution < -0.4 is 5.32 Å². The normalized spacial score (nSPS) is 14.4. The van der Waals surface area contributed by atoms with E-state index in [1.807, 2.05) is 36.5 Å². The van der Waals surface area contributed by atoms with Gasteiger partial charge in [-0.15, -0.1) is 0 Å². The molecule has 1 aliphatic heterocycles. The zero-order valence-electron chi connectivity index (χ0n) is 9.02. The molecular weight excluding hydrogens is 200 g/mol. The highest BCUT2D eigenvalue weighted by Gasteiger charge is 2.09. The summed E-state index contributed by atoms with van der Waals surface area (Å²) >= 11 is 0. The maximum Gasteiger partial charge on any atom is 0.249 e. The van der Waals surface area contributed by atoms with Crippen LogP contribution in [0.1, 0.15) is 18.4 Å². The fourth-order valence-corrected chi connectivity index (χ4v) is 1.57. The van der Waals surface area contributed by atoms with Crippen LogP contribution in [0.3, 0.4) is 0 Å². The van der Waals surface area contributed by atoms with Gasteiger partial charge in [-0.25, -0.2) is 0 Å². The van der Waals surface area contributed by atoms with E-state index in [0.717, 1.165) is 24.0 Å². The number of nitrogens with zero attached hydrogens (tertiary/aromatic N) is 1. The molecule has 0 bridgehead atoms. The summed E-state index contributed by atoms with van der Waals surface area (Å²) in [7, 11) is 0. The Hall–Kier alpha value is -1.90. The highest BCUT2D eigenvalue weighted by Crippen LogP contribution is 2.09. The predicted molar refractivity (Wildman–Crippen MR) is 64.1 cm³/mol. The Bertz CT molecular complexity index is 421. The van der Waals surface area contributed by atoms with Crippen molar-refractivity contribution in [2.45, 2.75) is 19.4 Å². The van der Waals surface area contributed by atoms with Gasteiger partial charge in [0, 0.05) is 24.5 Å². The van der Waals surface area contributed by atoms with Crippen LogP contribution in [0.25, 0.3) is 0 Å². The first-order valence-corrected chi connectivity index (χ1v) is 5.39. The van der Waals surface area contributed by atoms with Crippen molar-refractivity contribution in [3.05, 3.63) is 47.7 Å². The number of aliphatic imine (C=N–C) groups is 1. The molecule has 1 heterocycles. The van der Waals surface area contributed by atoms with Crippen LogP contribution >= 0.6 is 0 Å². The number of nitrogens with one attached hydrogen (secondary N) is 1. The predicted octanol–water partition coefficient (Wildman–Crippen LogP) is 2.05. The summed E-state index contributed by atoms with van der Waals surface area (Å²) in [5.41, 5.74) is 1.87. The summed E-state index contributed by atoms with van der Waals surface area (Å²) in [6.07, 6.45) is 5.10. The van der Waals surface area contributed by atoms with E-state index in [0.29, 0.717) is 6.54 Å². The molecule has 0 spiro atoms. The van der Waals surface area contributed by atoms with Crippen molar-refractivity contribution in [1.29, 1.82) is 0 Å². The molecule has 0 radical (unpaired) electrons. The van der Waals surface area contributed by atoms with E-state index in [9.17, 15) is 4.79 Å². The molecule has 0 aromatic heterocycles. The average molecular weight is 214 g/mol. The fraction of sp³-hybridized carbons (Fsp3) is 0.231. The third-order valence-corrected chi connectivity index (χ3v) is 2.47. The highest BCUT2D eigenvalue weighted by molar-refractivity contribution is 5.94. The number of carbonyl (C=O) groups is 1. The molecule has 2 rings (SSSR count). The third kappa shape index (κ3) is 2.79. The summed E-state index contributed by atoms with van der Waals surface area (Å²) in [6.45, 7) is 0.570. The van der Waals surface area contributed by atoms with Gasteiger partial charge in [0.25, 0.3) is 0 Å². The molecule has 0 unspecified atom stereocenters. The summed E-state index contributed by atoms with van der Waals surface area (Å²) in [6, 6.07) is 9.88. The number of benzene rings is 1. The quantitative estimate of drug-likeness (QED) is 0.822. The first-order valence-electron chi connectivity index (χ1n) is 5.39. The van der Waals surface area contributed by atoms with Crippen molar-refractivity contribution in [2.75, 3.05) is 0 Å². The Labute approximate surface area is 94.9 Å². The molecule has 0 atom stereocenters. The minimum absolute atomic E-state index is 0.0132. The van der Waals surface area contributed by atoms with Gasteiger partial charge in [0.15, 0.2) is 0 Å². The summed E-state index contributed by atoms with van der Waals surface area (Å²) in [5.74, 6) is -0.0132. The lowest BCUT2D eigenvalue weighted by molar-refractivity contribution is -0.117. The largest absolute Gasteiger partial charge is 0.348 e. The van der Waals surface area contributed by atoms with Crippen molar-refractivity contribution < 1.29 is 4.79 Å². The molecule has 0 fully saturated rings. The van der Waals surface area contributed by atoms with Crippen LogP contribution in [0.5, 0.6) is 0 Å². The lowest BCUT2D eigenvalue weighted by Crippen LogP contribution is -2.25. The Balaban J connectivity index is 1.89. The molecule has 82 valence electrons. The zero-order chi connectivity index (χ0) is 11.2. The van der Waals surface area contributed by atoms with Gasteiger partial charge in [0.1, 0.15) is 0 Å². The number of carbonyl (C=O) groups excluding carboxylic acids is 1. The lowest BCUT2D eigenvalue weighted by atomic mass is 10.1. The van der Waals surface area contributed by atoms with Crippen LogP contribution in [-0.2, 0) is 11.3 Å². The Morgan fingerprint density at radius 1 is 1.31 bits per heavy atom. The molecule has 1 N–H and O–H groups in total. The van der Waals surface area contributed by atoms with E-state index in [1.165, 1.54) is 0 Å². The fourth-order valence-electron chi connectivity index (χ4n) is 1.57. The van der Waals surface area contributed by atoms with Gasteiger partial charge in [-0.3, -0.25) is 9.79 Å². The molecule has 3 nitrogen and oxygen atoms in total. The first kappa shape index (κ1) is 10.6. The maximum atomic E-state index is 11.7. The molecule has 1 aliphatic rings. The van der Waals surface area contributed by atoms with E-state index < -0.39 is 0 Å². The minimum Gasteiger partial charge on any atom is -0.348 e. The van der Waals surface area contributed by atoms with Crippen LogP contribution in [0.4, 0.5) is 0 Å². The standard InChI is InChI=1S/C13H14N2O/c16-13(12-7-4-8-14-10-12)15-9-11-5-2-1-3-6-11/h1-3,5-6,8,10H,4,7,9H2,(H,15,16). The molecule has 16 heavy (non-hydrogen) atoms. The van der Waals surface area contributed by atoms with Crippen molar-refractivity contribution in [2.24, 2.45) is 4.99 Å². The number of rotatable bonds is 3. The summed E-state index contributed by atoms with van der Waals surface area (Å²) in [5, 5.41) is 2.89. The first-order chi connectivity index (χ1) is 7.86. The van der Waals surface area contributed by atoms with Gasteiger partial charge in [0.2, 0.25) is 5.91 Å². The number of amides is 1. The maximum absolute atomic E-state index is 11.7. The lowest BCUT2D eigenvalue weighted by Gasteiger charge is -2.09. The summed E-state index contributed by atoms with van der Waals surface area (Å²) < 4.78 is 0. The molecule has 0 saturated heterocycles. The number of hydrogen-bond donors (Lipinski definition) is 1. The van der Waals surface area contributed by atoms with Gasteiger partial charge in [-0.05, 0) is 18.4 Å². The summed E-state index contributed by atoms with van der Waals surface area (Å²) in [4.78, 5) is 15.7. The molecule has 0 aliphatic carbocycles. The minimum atomic E-state index is -0.0132. The van der Waals surface area contributed by atoms with Crippen LogP contribution in [0.2, 0.25) is 0 Å². The van der Waals surface area contributed by atoms with E-state index in [-0.39, 0.29) is 5.91 Å². The van der Waals surface area contributed by atoms with E-state index in [1.54, 1.807) is 6.20 Å². The van der Waals surface area contributed by atoms with Crippen molar-refractivity contribution >= 4 is 12.1 Å². The third-order valence-electron chi connectivity index (χ3n) is 2.47. The Kier molecular flexibility index (Phi) is 3.49. The topological polar surface area (TPSA) is 41.5 Å². The smallest absolute Gasteiger partial charge is 0.249 e. The van der Waals surface area contributed by atoms with E-state index in [2.05, 4.69) is 10.3 Å². The van der Waals surface area contributed by atoms with Gasteiger partial charge in [-0.1, -0.05) is 30.3 Å². The molecule has 1 amide bonds.